The van der Waals surface area contributed by atoms with E-state index in [4.69, 9.17) is 0 Å². The van der Waals surface area contributed by atoms with Crippen LogP contribution in [0.5, 0.6) is 0 Å². The number of nitrogens with zero attached hydrogens (tertiary/aromatic N) is 1. The van der Waals surface area contributed by atoms with Crippen LogP contribution in [-0.4, -0.2) is 21.5 Å². The zero-order valence-electron chi connectivity index (χ0n) is 10.6. The quantitative estimate of drug-likeness (QED) is 0.517. The molecule has 0 aliphatic heterocycles. The molecule has 4 nitrogen and oxygen atoms in total. The third-order valence-corrected chi connectivity index (χ3v) is 3.39. The Hall–Kier alpha value is -1.88. The molecule has 0 saturated heterocycles. The molecular weight excluding hydrogens is 260 g/mol. The Morgan fingerprint density at radius 3 is 2.74 bits per heavy atom. The molecule has 5 heteroatoms. The zero-order valence-corrected chi connectivity index (χ0v) is 11.4. The average Bonchev–Trinajstić information content (AvgIpc) is 2.38. The van der Waals surface area contributed by atoms with Crippen molar-refractivity contribution < 1.29 is 4.79 Å². The van der Waals surface area contributed by atoms with Gasteiger partial charge in [0.15, 0.2) is 10.9 Å². The molecule has 0 radical (unpaired) electrons. The molecule has 2 rings (SSSR count). The second-order valence-corrected chi connectivity index (χ2v) is 5.16. The molecular formula is C14H14N2O2S. The van der Waals surface area contributed by atoms with Crippen molar-refractivity contribution in [2.24, 2.45) is 0 Å². The van der Waals surface area contributed by atoms with E-state index in [1.165, 1.54) is 17.8 Å². The van der Waals surface area contributed by atoms with Crippen molar-refractivity contribution >= 4 is 17.5 Å². The Bertz CT molecular complexity index is 623. The van der Waals surface area contributed by atoms with Crippen LogP contribution in [0.3, 0.4) is 0 Å². The lowest BCUT2D eigenvalue weighted by atomic mass is 10.1. The lowest BCUT2D eigenvalue weighted by Crippen LogP contribution is -2.08. The highest BCUT2D eigenvalue weighted by molar-refractivity contribution is 7.99. The van der Waals surface area contributed by atoms with Crippen molar-refractivity contribution in [3.05, 3.63) is 58.0 Å². The van der Waals surface area contributed by atoms with E-state index in [1.807, 2.05) is 18.2 Å². The van der Waals surface area contributed by atoms with Crippen molar-refractivity contribution in [3.8, 4) is 0 Å². The first kappa shape index (κ1) is 13.5. The van der Waals surface area contributed by atoms with Gasteiger partial charge in [-0.15, -0.1) is 0 Å². The van der Waals surface area contributed by atoms with Gasteiger partial charge in [0.05, 0.1) is 0 Å². The topological polar surface area (TPSA) is 62.8 Å². The average molecular weight is 274 g/mol. The molecule has 1 aromatic carbocycles. The van der Waals surface area contributed by atoms with Crippen LogP contribution >= 0.6 is 11.8 Å². The Balaban J connectivity index is 1.90. The summed E-state index contributed by atoms with van der Waals surface area (Å²) >= 11 is 1.38. The Morgan fingerprint density at radius 1 is 1.32 bits per heavy atom. The summed E-state index contributed by atoms with van der Waals surface area (Å²) in [6, 6.07) is 10.6. The van der Waals surface area contributed by atoms with Gasteiger partial charge in [-0.25, -0.2) is 4.98 Å². The molecule has 98 valence electrons. The van der Waals surface area contributed by atoms with Gasteiger partial charge in [-0.1, -0.05) is 42.1 Å². The number of aromatic amines is 1. The summed E-state index contributed by atoms with van der Waals surface area (Å²) in [5.74, 6) is 0.697. The van der Waals surface area contributed by atoms with E-state index in [0.717, 1.165) is 0 Å². The number of aryl methyl sites for hydroxylation is 1. The number of thioether (sulfide) groups is 1. The molecule has 0 bridgehead atoms. The summed E-state index contributed by atoms with van der Waals surface area (Å²) in [4.78, 5) is 30.0. The number of nitrogens with one attached hydrogen (secondary N) is 1. The van der Waals surface area contributed by atoms with E-state index in [0.29, 0.717) is 28.6 Å². The van der Waals surface area contributed by atoms with E-state index in [-0.39, 0.29) is 11.3 Å². The monoisotopic (exact) mass is 274 g/mol. The van der Waals surface area contributed by atoms with Gasteiger partial charge in [0.25, 0.3) is 5.56 Å². The summed E-state index contributed by atoms with van der Waals surface area (Å²) in [5.41, 5.74) is 1.24. The van der Waals surface area contributed by atoms with Crippen LogP contribution in [0.15, 0.2) is 46.3 Å². The third-order valence-electron chi connectivity index (χ3n) is 2.51. The lowest BCUT2D eigenvalue weighted by molar-refractivity contribution is 0.0989. The Labute approximate surface area is 115 Å². The van der Waals surface area contributed by atoms with Crippen LogP contribution in [0.1, 0.15) is 22.5 Å². The number of hydrogen-bond acceptors (Lipinski definition) is 4. The van der Waals surface area contributed by atoms with E-state index < -0.39 is 0 Å². The first-order valence-corrected chi connectivity index (χ1v) is 6.93. The molecule has 0 spiro atoms. The number of aromatic nitrogens is 2. The Kier molecular flexibility index (Phi) is 4.52. The van der Waals surface area contributed by atoms with Gasteiger partial charge in [-0.05, 0) is 6.92 Å². The normalized spacial score (nSPS) is 10.4. The molecule has 0 amide bonds. The summed E-state index contributed by atoms with van der Waals surface area (Å²) in [5, 5.41) is 0.561. The number of benzene rings is 1. The van der Waals surface area contributed by atoms with Gasteiger partial charge in [0, 0.05) is 29.5 Å². The van der Waals surface area contributed by atoms with E-state index in [1.54, 1.807) is 19.1 Å². The largest absolute Gasteiger partial charge is 0.301 e. The Morgan fingerprint density at radius 2 is 2.05 bits per heavy atom. The first-order chi connectivity index (χ1) is 9.15. The molecule has 0 aliphatic rings. The molecule has 0 atom stereocenters. The van der Waals surface area contributed by atoms with Crippen molar-refractivity contribution in [2.45, 2.75) is 18.5 Å². The number of rotatable bonds is 5. The standard InChI is InChI=1S/C14H14N2O2S/c1-10-9-13(18)16-14(15-10)19-8-7-12(17)11-5-3-2-4-6-11/h2-6,9H,7-8H2,1H3,(H,15,16,18). The number of H-pyrrole nitrogens is 1. The second kappa shape index (κ2) is 6.33. The molecule has 0 aliphatic carbocycles. The first-order valence-electron chi connectivity index (χ1n) is 5.94. The van der Waals surface area contributed by atoms with Crippen molar-refractivity contribution in [3.63, 3.8) is 0 Å². The summed E-state index contributed by atoms with van der Waals surface area (Å²) < 4.78 is 0. The lowest BCUT2D eigenvalue weighted by Gasteiger charge is -2.02. The van der Waals surface area contributed by atoms with Gasteiger partial charge in [-0.3, -0.25) is 9.59 Å². The number of hydrogen-bond donors (Lipinski definition) is 1. The third kappa shape index (κ3) is 4.06. The summed E-state index contributed by atoms with van der Waals surface area (Å²) in [6.45, 7) is 1.77. The van der Waals surface area contributed by atoms with Crippen molar-refractivity contribution in [2.75, 3.05) is 5.75 Å². The number of carbonyl (C=O) groups is 1. The van der Waals surface area contributed by atoms with Gasteiger partial charge in [0.2, 0.25) is 0 Å². The van der Waals surface area contributed by atoms with Crippen LogP contribution in [0.4, 0.5) is 0 Å². The molecule has 0 saturated carbocycles. The molecule has 1 N–H and O–H groups in total. The fourth-order valence-corrected chi connectivity index (χ4v) is 2.49. The predicted octanol–water partition coefficient (Wildman–Crippen LogP) is 2.44. The molecule has 2 aromatic rings. The highest BCUT2D eigenvalue weighted by Gasteiger charge is 2.06. The maximum atomic E-state index is 11.9. The van der Waals surface area contributed by atoms with E-state index in [9.17, 15) is 9.59 Å². The maximum absolute atomic E-state index is 11.9. The zero-order chi connectivity index (χ0) is 13.7. The smallest absolute Gasteiger partial charge is 0.251 e. The molecule has 1 aromatic heterocycles. The molecule has 1 heterocycles. The summed E-state index contributed by atoms with van der Waals surface area (Å²) in [7, 11) is 0. The maximum Gasteiger partial charge on any atom is 0.251 e. The number of carbonyl (C=O) groups excluding carboxylic acids is 1. The fourth-order valence-electron chi connectivity index (χ4n) is 1.63. The second-order valence-electron chi connectivity index (χ2n) is 4.08. The van der Waals surface area contributed by atoms with Crippen molar-refractivity contribution in [1.82, 2.24) is 9.97 Å². The van der Waals surface area contributed by atoms with E-state index in [2.05, 4.69) is 9.97 Å². The minimum atomic E-state index is -0.163. The van der Waals surface area contributed by atoms with E-state index >= 15 is 0 Å². The molecule has 0 unspecified atom stereocenters. The van der Waals surface area contributed by atoms with Crippen molar-refractivity contribution in [1.29, 1.82) is 0 Å². The number of Topliss-reactive ketones (excluding diaryl/α,β-unsaturated/α-hetero) is 1. The predicted molar refractivity (Wildman–Crippen MR) is 75.7 cm³/mol. The van der Waals surface area contributed by atoms with Crippen LogP contribution in [0.25, 0.3) is 0 Å². The number of ketones is 1. The van der Waals surface area contributed by atoms with Gasteiger partial charge < -0.3 is 4.98 Å². The highest BCUT2D eigenvalue weighted by Crippen LogP contribution is 2.14. The van der Waals surface area contributed by atoms with Gasteiger partial charge in [0.1, 0.15) is 0 Å². The molecule has 19 heavy (non-hydrogen) atoms. The minimum Gasteiger partial charge on any atom is -0.301 e. The highest BCUT2D eigenvalue weighted by atomic mass is 32.2. The van der Waals surface area contributed by atoms with Crippen LogP contribution in [0, 0.1) is 6.92 Å². The van der Waals surface area contributed by atoms with Crippen LogP contribution in [-0.2, 0) is 0 Å². The molecule has 0 fully saturated rings. The SMILES string of the molecule is Cc1cc(=O)[nH]c(SCCC(=O)c2ccccc2)n1. The van der Waals surface area contributed by atoms with Gasteiger partial charge in [-0.2, -0.15) is 0 Å². The van der Waals surface area contributed by atoms with Crippen LogP contribution in [0.2, 0.25) is 0 Å². The van der Waals surface area contributed by atoms with Gasteiger partial charge >= 0.3 is 0 Å². The van der Waals surface area contributed by atoms with Crippen LogP contribution < -0.4 is 5.56 Å². The fraction of sp³-hybridized carbons (Fsp3) is 0.214. The summed E-state index contributed by atoms with van der Waals surface area (Å²) in [6.07, 6.45) is 0.423. The minimum absolute atomic E-state index is 0.100.